The second kappa shape index (κ2) is 7.74. The number of halogens is 1. The fourth-order valence-electron chi connectivity index (χ4n) is 2.42. The number of nitrogens with zero attached hydrogens (tertiary/aromatic N) is 2. The van der Waals surface area contributed by atoms with Crippen molar-refractivity contribution in [3.63, 3.8) is 0 Å². The number of hydrogen-bond acceptors (Lipinski definition) is 5. The van der Waals surface area contributed by atoms with Crippen molar-refractivity contribution in [1.82, 2.24) is 14.6 Å². The van der Waals surface area contributed by atoms with E-state index in [0.29, 0.717) is 16.5 Å². The van der Waals surface area contributed by atoms with E-state index in [1.54, 1.807) is 18.3 Å². The number of aromatic nitrogens is 1. The summed E-state index contributed by atoms with van der Waals surface area (Å²) < 4.78 is 26.9. The molecule has 3 rings (SSSR count). The molecule has 1 unspecified atom stereocenters. The molecular weight excluding hydrogens is 382 g/mol. The van der Waals surface area contributed by atoms with E-state index in [4.69, 9.17) is 11.6 Å². The van der Waals surface area contributed by atoms with Crippen LogP contribution in [0.1, 0.15) is 5.69 Å². The molecule has 0 aliphatic carbocycles. The highest BCUT2D eigenvalue weighted by Crippen LogP contribution is 2.30. The van der Waals surface area contributed by atoms with Gasteiger partial charge >= 0.3 is 0 Å². The Morgan fingerprint density at radius 2 is 2.04 bits per heavy atom. The van der Waals surface area contributed by atoms with E-state index in [1.165, 1.54) is 40.3 Å². The molecule has 1 aromatic carbocycles. The Kier molecular flexibility index (Phi) is 5.63. The Morgan fingerprint density at radius 1 is 1.28 bits per heavy atom. The van der Waals surface area contributed by atoms with Crippen molar-refractivity contribution in [3.05, 3.63) is 59.4 Å². The van der Waals surface area contributed by atoms with Gasteiger partial charge in [0.2, 0.25) is 15.9 Å². The molecule has 0 bridgehead atoms. The summed E-state index contributed by atoms with van der Waals surface area (Å²) in [7, 11) is -3.76. The van der Waals surface area contributed by atoms with E-state index in [2.05, 4.69) is 10.3 Å². The highest BCUT2D eigenvalue weighted by molar-refractivity contribution is 8.02. The maximum absolute atomic E-state index is 12.8. The normalized spacial score (nSPS) is 18.2. The maximum atomic E-state index is 12.8. The Bertz CT molecular complexity index is 845. The quantitative estimate of drug-likeness (QED) is 0.835. The van der Waals surface area contributed by atoms with Gasteiger partial charge in [-0.25, -0.2) is 8.42 Å². The van der Waals surface area contributed by atoms with Gasteiger partial charge in [-0.05, 0) is 36.4 Å². The second-order valence-corrected chi connectivity index (χ2v) is 8.85. The van der Waals surface area contributed by atoms with E-state index in [1.807, 2.05) is 6.07 Å². The van der Waals surface area contributed by atoms with E-state index >= 15 is 0 Å². The molecular formula is C16H16ClN3O3S2. The van der Waals surface area contributed by atoms with Crippen molar-refractivity contribution in [2.45, 2.75) is 16.8 Å². The van der Waals surface area contributed by atoms with Crippen LogP contribution in [0.5, 0.6) is 0 Å². The van der Waals surface area contributed by atoms with Gasteiger partial charge in [0.25, 0.3) is 0 Å². The molecule has 1 saturated heterocycles. The van der Waals surface area contributed by atoms with Gasteiger partial charge in [0.15, 0.2) is 0 Å². The Morgan fingerprint density at radius 3 is 2.72 bits per heavy atom. The van der Waals surface area contributed by atoms with Gasteiger partial charge < -0.3 is 5.32 Å². The molecule has 1 aliphatic heterocycles. The third-order valence-corrected chi connectivity index (χ3v) is 7.13. The molecule has 0 saturated carbocycles. The van der Waals surface area contributed by atoms with Crippen LogP contribution in [0.3, 0.4) is 0 Å². The zero-order chi connectivity index (χ0) is 17.9. The number of sulfonamides is 1. The molecule has 1 fully saturated rings. The molecule has 0 radical (unpaired) electrons. The minimum absolute atomic E-state index is 0.127. The monoisotopic (exact) mass is 397 g/mol. The zero-order valence-electron chi connectivity index (χ0n) is 13.1. The Hall–Kier alpha value is -1.61. The average Bonchev–Trinajstić information content (AvgIpc) is 3.12. The lowest BCUT2D eigenvalue weighted by Crippen LogP contribution is -2.44. The first kappa shape index (κ1) is 18.2. The van der Waals surface area contributed by atoms with E-state index in [9.17, 15) is 13.2 Å². The van der Waals surface area contributed by atoms with Gasteiger partial charge in [-0.1, -0.05) is 17.7 Å². The molecule has 25 heavy (non-hydrogen) atoms. The van der Waals surface area contributed by atoms with Crippen molar-refractivity contribution in [2.75, 3.05) is 12.3 Å². The van der Waals surface area contributed by atoms with Gasteiger partial charge in [-0.15, -0.1) is 11.8 Å². The Balaban J connectivity index is 1.73. The SMILES string of the molecule is O=C(NCc1ccccn1)C1SCCN1S(=O)(=O)c1ccc(Cl)cc1. The molecule has 2 aromatic rings. The van der Waals surface area contributed by atoms with Crippen LogP contribution in [0, 0.1) is 0 Å². The molecule has 1 aromatic heterocycles. The van der Waals surface area contributed by atoms with Gasteiger partial charge in [-0.3, -0.25) is 9.78 Å². The number of nitrogens with one attached hydrogen (secondary N) is 1. The molecule has 1 N–H and O–H groups in total. The summed E-state index contributed by atoms with van der Waals surface area (Å²) in [4.78, 5) is 16.7. The summed E-state index contributed by atoms with van der Waals surface area (Å²) in [5.74, 6) is 0.222. The zero-order valence-corrected chi connectivity index (χ0v) is 15.5. The lowest BCUT2D eigenvalue weighted by atomic mass is 10.3. The third-order valence-electron chi connectivity index (χ3n) is 3.66. The summed E-state index contributed by atoms with van der Waals surface area (Å²) >= 11 is 7.12. The number of thioether (sulfide) groups is 1. The lowest BCUT2D eigenvalue weighted by molar-refractivity contribution is -0.122. The predicted octanol–water partition coefficient (Wildman–Crippen LogP) is 2.11. The second-order valence-electron chi connectivity index (χ2n) is 5.33. The predicted molar refractivity (Wildman–Crippen MR) is 97.7 cm³/mol. The van der Waals surface area contributed by atoms with Crippen molar-refractivity contribution in [2.24, 2.45) is 0 Å². The lowest BCUT2D eigenvalue weighted by Gasteiger charge is -2.22. The first-order valence-electron chi connectivity index (χ1n) is 7.55. The fraction of sp³-hybridized carbons (Fsp3) is 0.250. The first-order valence-corrected chi connectivity index (χ1v) is 10.4. The topological polar surface area (TPSA) is 79.4 Å². The third kappa shape index (κ3) is 4.14. The summed E-state index contributed by atoms with van der Waals surface area (Å²) in [6, 6.07) is 11.4. The smallest absolute Gasteiger partial charge is 0.249 e. The summed E-state index contributed by atoms with van der Waals surface area (Å²) in [6.07, 6.45) is 1.64. The first-order chi connectivity index (χ1) is 12.0. The fourth-order valence-corrected chi connectivity index (χ4v) is 5.64. The van der Waals surface area contributed by atoms with Crippen LogP contribution in [0.25, 0.3) is 0 Å². The molecule has 0 spiro atoms. The van der Waals surface area contributed by atoms with E-state index in [0.717, 1.165) is 0 Å². The summed E-state index contributed by atoms with van der Waals surface area (Å²) in [5, 5.41) is 2.42. The van der Waals surface area contributed by atoms with Crippen LogP contribution in [0.4, 0.5) is 0 Å². The summed E-state index contributed by atoms with van der Waals surface area (Å²) in [6.45, 7) is 0.545. The van der Waals surface area contributed by atoms with Crippen molar-refractivity contribution in [3.8, 4) is 0 Å². The van der Waals surface area contributed by atoms with E-state index < -0.39 is 15.4 Å². The largest absolute Gasteiger partial charge is 0.348 e. The van der Waals surface area contributed by atoms with Crippen molar-refractivity contribution >= 4 is 39.3 Å². The Labute approximate surface area is 155 Å². The van der Waals surface area contributed by atoms with Crippen LogP contribution in [-0.4, -0.2) is 41.3 Å². The average molecular weight is 398 g/mol. The van der Waals surface area contributed by atoms with E-state index in [-0.39, 0.29) is 23.9 Å². The highest BCUT2D eigenvalue weighted by Gasteiger charge is 2.40. The van der Waals surface area contributed by atoms with Gasteiger partial charge in [-0.2, -0.15) is 4.31 Å². The van der Waals surface area contributed by atoms with Gasteiger partial charge in [0.1, 0.15) is 5.37 Å². The van der Waals surface area contributed by atoms with Crippen LogP contribution >= 0.6 is 23.4 Å². The van der Waals surface area contributed by atoms with Crippen molar-refractivity contribution < 1.29 is 13.2 Å². The minimum atomic E-state index is -3.76. The number of rotatable bonds is 5. The highest BCUT2D eigenvalue weighted by atomic mass is 35.5. The number of pyridine rings is 1. The van der Waals surface area contributed by atoms with Gasteiger partial charge in [0, 0.05) is 23.5 Å². The number of carbonyl (C=O) groups is 1. The van der Waals surface area contributed by atoms with Crippen LogP contribution < -0.4 is 5.32 Å². The van der Waals surface area contributed by atoms with Crippen molar-refractivity contribution in [1.29, 1.82) is 0 Å². The van der Waals surface area contributed by atoms with Crippen LogP contribution in [0.2, 0.25) is 5.02 Å². The number of hydrogen-bond donors (Lipinski definition) is 1. The minimum Gasteiger partial charge on any atom is -0.348 e. The van der Waals surface area contributed by atoms with Crippen LogP contribution in [0.15, 0.2) is 53.6 Å². The number of benzene rings is 1. The molecule has 9 heteroatoms. The van der Waals surface area contributed by atoms with Gasteiger partial charge in [0.05, 0.1) is 17.1 Å². The molecule has 1 atom stereocenters. The molecule has 1 amide bonds. The molecule has 2 heterocycles. The van der Waals surface area contributed by atoms with Crippen LogP contribution in [-0.2, 0) is 21.4 Å². The molecule has 6 nitrogen and oxygen atoms in total. The standard InChI is InChI=1S/C16H16ClN3O3S2/c17-12-4-6-14(7-5-12)25(22,23)20-9-10-24-16(20)15(21)19-11-13-3-1-2-8-18-13/h1-8,16H,9-11H2,(H,19,21). The number of carbonyl (C=O) groups excluding carboxylic acids is 1. The number of amides is 1. The summed E-state index contributed by atoms with van der Waals surface area (Å²) in [5.41, 5.74) is 0.714. The molecule has 132 valence electrons. The maximum Gasteiger partial charge on any atom is 0.249 e. The molecule has 1 aliphatic rings.